The number of aromatic nitrogens is 2. The van der Waals surface area contributed by atoms with Crippen LogP contribution >= 0.6 is 0 Å². The lowest BCUT2D eigenvalue weighted by molar-refractivity contribution is -0.723. The molecule has 2 nitrogen and oxygen atoms in total. The summed E-state index contributed by atoms with van der Waals surface area (Å²) in [6.45, 7) is 6.05. The molecule has 1 rings (SSSR count). The van der Waals surface area contributed by atoms with Crippen LogP contribution < -0.4 is 4.57 Å². The molecule has 1 aromatic heterocycles. The lowest BCUT2D eigenvalue weighted by Crippen LogP contribution is -2.36. The van der Waals surface area contributed by atoms with Crippen LogP contribution in [0.25, 0.3) is 0 Å². The molecule has 0 aliphatic heterocycles. The van der Waals surface area contributed by atoms with Crippen molar-refractivity contribution in [2.75, 3.05) is 0 Å². The Morgan fingerprint density at radius 2 is 2.27 bits per heavy atom. The Morgan fingerprint density at radius 1 is 1.40 bits per heavy atom. The molecule has 15 heavy (non-hydrogen) atoms. The average Bonchev–Trinajstić information content (AvgIpc) is 2.76. The van der Waals surface area contributed by atoms with Gasteiger partial charge in [0.15, 0.2) is 0 Å². The molecule has 1 atom stereocenters. The Kier molecular flexibility index (Phi) is 5.83. The van der Waals surface area contributed by atoms with Crippen molar-refractivity contribution >= 4 is 0 Å². The van der Waals surface area contributed by atoms with Gasteiger partial charge in [0.1, 0.15) is 18.4 Å². The Balaban J connectivity index is 2.42. The minimum absolute atomic E-state index is 0.640. The van der Waals surface area contributed by atoms with Gasteiger partial charge in [-0.3, -0.25) is 4.98 Å². The highest BCUT2D eigenvalue weighted by Gasteiger charge is 2.13. The van der Waals surface area contributed by atoms with Gasteiger partial charge in [-0.05, 0) is 25.7 Å². The smallest absolute Gasteiger partial charge is 0.241 e. The first-order valence-corrected chi connectivity index (χ1v) is 6.03. The molecule has 0 radical (unpaired) electrons. The van der Waals surface area contributed by atoms with Crippen LogP contribution in [-0.4, -0.2) is 4.98 Å². The fraction of sp³-hybridized carbons (Fsp3) is 0.615. The summed E-state index contributed by atoms with van der Waals surface area (Å²) in [7, 11) is 0. The van der Waals surface area contributed by atoms with Crippen LogP contribution in [0.1, 0.15) is 51.5 Å². The molecule has 0 aliphatic rings. The second-order valence-electron chi connectivity index (χ2n) is 4.07. The van der Waals surface area contributed by atoms with Crippen LogP contribution in [0, 0.1) is 0 Å². The van der Waals surface area contributed by atoms with Gasteiger partial charge in [-0.2, -0.15) is 0 Å². The van der Waals surface area contributed by atoms with Crippen LogP contribution in [0.5, 0.6) is 0 Å². The zero-order valence-corrected chi connectivity index (χ0v) is 9.78. The molecule has 1 N–H and O–H groups in total. The summed E-state index contributed by atoms with van der Waals surface area (Å²) >= 11 is 0. The van der Waals surface area contributed by atoms with Gasteiger partial charge in [-0.25, -0.2) is 4.57 Å². The second-order valence-corrected chi connectivity index (χ2v) is 4.07. The number of rotatable bonds is 8. The molecule has 0 fully saturated rings. The summed E-state index contributed by atoms with van der Waals surface area (Å²) in [6, 6.07) is 0.640. The predicted octanol–water partition coefficient (Wildman–Crippen LogP) is 3.39. The minimum atomic E-state index is 0.640. The maximum absolute atomic E-state index is 3.79. The van der Waals surface area contributed by atoms with E-state index in [1.165, 1.54) is 32.1 Å². The highest BCUT2D eigenvalue weighted by atomic mass is 15.0. The molecular weight excluding hydrogens is 184 g/mol. The van der Waals surface area contributed by atoms with E-state index in [4.69, 9.17) is 0 Å². The number of nitrogens with one attached hydrogen (secondary N) is 1. The molecule has 0 aliphatic carbocycles. The highest BCUT2D eigenvalue weighted by Crippen LogP contribution is 2.15. The van der Waals surface area contributed by atoms with Gasteiger partial charge in [0.2, 0.25) is 6.33 Å². The number of H-pyrrole nitrogens is 1. The molecule has 1 heterocycles. The van der Waals surface area contributed by atoms with Crippen molar-refractivity contribution in [3.8, 4) is 0 Å². The number of aromatic amines is 1. The number of hydrogen-bond donors (Lipinski definition) is 1. The lowest BCUT2D eigenvalue weighted by Gasteiger charge is -2.12. The lowest BCUT2D eigenvalue weighted by atomic mass is 10.0. The number of hydrogen-bond acceptors (Lipinski definition) is 0. The van der Waals surface area contributed by atoms with Crippen molar-refractivity contribution in [3.63, 3.8) is 0 Å². The summed E-state index contributed by atoms with van der Waals surface area (Å²) in [5, 5.41) is 0. The SMILES string of the molecule is C=CCCC(CCCCC)[n+]1cc[nH]c1. The monoisotopic (exact) mass is 207 g/mol. The first kappa shape index (κ1) is 12.0. The van der Waals surface area contributed by atoms with Crippen molar-refractivity contribution in [1.29, 1.82) is 0 Å². The molecule has 0 bridgehead atoms. The van der Waals surface area contributed by atoms with E-state index in [9.17, 15) is 0 Å². The zero-order valence-electron chi connectivity index (χ0n) is 9.78. The highest BCUT2D eigenvalue weighted by molar-refractivity contribution is 4.69. The van der Waals surface area contributed by atoms with E-state index in [1.54, 1.807) is 0 Å². The van der Waals surface area contributed by atoms with Gasteiger partial charge in [0, 0.05) is 0 Å². The summed E-state index contributed by atoms with van der Waals surface area (Å²) in [6.07, 6.45) is 15.7. The zero-order chi connectivity index (χ0) is 10.9. The quantitative estimate of drug-likeness (QED) is 0.383. The largest absolute Gasteiger partial charge is 0.250 e. The molecule has 1 aromatic rings. The number of imidazole rings is 1. The Morgan fingerprint density at radius 3 is 2.87 bits per heavy atom. The van der Waals surface area contributed by atoms with Crippen molar-refractivity contribution in [3.05, 3.63) is 31.4 Å². The summed E-state index contributed by atoms with van der Waals surface area (Å²) in [5.41, 5.74) is 0. The summed E-state index contributed by atoms with van der Waals surface area (Å²) in [5.74, 6) is 0. The molecule has 2 heteroatoms. The van der Waals surface area contributed by atoms with Gasteiger partial charge in [0.25, 0.3) is 0 Å². The first-order chi connectivity index (χ1) is 7.38. The van der Waals surface area contributed by atoms with Crippen LogP contribution in [0.2, 0.25) is 0 Å². The molecule has 84 valence electrons. The predicted molar refractivity (Wildman–Crippen MR) is 63.6 cm³/mol. The van der Waals surface area contributed by atoms with E-state index in [0.717, 1.165) is 6.42 Å². The molecule has 0 amide bonds. The maximum Gasteiger partial charge on any atom is 0.241 e. The van der Waals surface area contributed by atoms with Crippen molar-refractivity contribution < 1.29 is 4.57 Å². The van der Waals surface area contributed by atoms with E-state index < -0.39 is 0 Å². The Hall–Kier alpha value is -1.05. The van der Waals surface area contributed by atoms with Gasteiger partial charge >= 0.3 is 0 Å². The van der Waals surface area contributed by atoms with Gasteiger partial charge in [-0.1, -0.05) is 25.8 Å². The summed E-state index contributed by atoms with van der Waals surface area (Å²) in [4.78, 5) is 3.11. The van der Waals surface area contributed by atoms with Gasteiger partial charge < -0.3 is 0 Å². The molecule has 1 unspecified atom stereocenters. The Bertz CT molecular complexity index is 252. The third-order valence-electron chi connectivity index (χ3n) is 2.83. The molecular formula is C13H23N2+. The van der Waals surface area contributed by atoms with E-state index in [1.807, 2.05) is 12.3 Å². The van der Waals surface area contributed by atoms with Crippen molar-refractivity contribution in [2.24, 2.45) is 0 Å². The van der Waals surface area contributed by atoms with E-state index in [-0.39, 0.29) is 0 Å². The van der Waals surface area contributed by atoms with Crippen molar-refractivity contribution in [2.45, 2.75) is 51.5 Å². The number of allylic oxidation sites excluding steroid dienone is 1. The van der Waals surface area contributed by atoms with Crippen LogP contribution in [0.3, 0.4) is 0 Å². The number of unbranched alkanes of at least 4 members (excludes halogenated alkanes) is 2. The average molecular weight is 207 g/mol. The standard InChI is InChI=1S/C13H22N2/c1-3-5-7-9-13(8-6-4-2)15-11-10-14-12-15/h4,10-13H,2-3,5-9H2,1H3/p+1. The maximum atomic E-state index is 3.79. The minimum Gasteiger partial charge on any atom is -0.250 e. The van der Waals surface area contributed by atoms with Gasteiger partial charge in [-0.15, -0.1) is 6.58 Å². The molecule has 0 aromatic carbocycles. The topological polar surface area (TPSA) is 19.7 Å². The molecule has 0 saturated carbocycles. The van der Waals surface area contributed by atoms with E-state index in [2.05, 4.69) is 35.6 Å². The van der Waals surface area contributed by atoms with Crippen molar-refractivity contribution in [1.82, 2.24) is 4.98 Å². The summed E-state index contributed by atoms with van der Waals surface area (Å²) < 4.78 is 2.29. The first-order valence-electron chi connectivity index (χ1n) is 6.03. The fourth-order valence-corrected chi connectivity index (χ4v) is 1.91. The second kappa shape index (κ2) is 7.27. The third-order valence-corrected chi connectivity index (χ3v) is 2.83. The van der Waals surface area contributed by atoms with E-state index in [0.29, 0.717) is 6.04 Å². The van der Waals surface area contributed by atoms with Gasteiger partial charge in [0.05, 0.1) is 0 Å². The molecule has 0 saturated heterocycles. The fourth-order valence-electron chi connectivity index (χ4n) is 1.91. The van der Waals surface area contributed by atoms with Crippen LogP contribution in [-0.2, 0) is 0 Å². The van der Waals surface area contributed by atoms with Crippen LogP contribution in [0.4, 0.5) is 0 Å². The molecule has 0 spiro atoms. The van der Waals surface area contributed by atoms with Crippen LogP contribution in [0.15, 0.2) is 31.4 Å². The number of nitrogens with zero attached hydrogens (tertiary/aromatic N) is 1. The third kappa shape index (κ3) is 4.32. The Labute approximate surface area is 93.0 Å². The normalized spacial score (nSPS) is 12.6. The van der Waals surface area contributed by atoms with E-state index >= 15 is 0 Å².